The molecule has 2 heterocycles. The van der Waals surface area contributed by atoms with Crippen LogP contribution in [-0.4, -0.2) is 26.0 Å². The first-order valence-corrected chi connectivity index (χ1v) is 3.66. The zero-order valence-corrected chi connectivity index (χ0v) is 7.11. The summed E-state index contributed by atoms with van der Waals surface area (Å²) in [5.41, 5.74) is -0.0301. The minimum Gasteiger partial charge on any atom is -0.476 e. The van der Waals surface area contributed by atoms with Crippen LogP contribution in [0, 0.1) is 0 Å². The van der Waals surface area contributed by atoms with Gasteiger partial charge in [-0.25, -0.2) is 9.78 Å². The predicted molar refractivity (Wildman–Crippen MR) is 46.5 cm³/mol. The molecule has 0 amide bonds. The summed E-state index contributed by atoms with van der Waals surface area (Å²) in [6.07, 6.45) is 8.73. The van der Waals surface area contributed by atoms with Crippen molar-refractivity contribution < 1.29 is 9.90 Å². The van der Waals surface area contributed by atoms with Gasteiger partial charge in [0.1, 0.15) is 0 Å². The van der Waals surface area contributed by atoms with Crippen LogP contribution in [0.3, 0.4) is 0 Å². The number of nitrogens with zero attached hydrogens (tertiary/aromatic N) is 4. The van der Waals surface area contributed by atoms with E-state index in [1.807, 2.05) is 0 Å². The van der Waals surface area contributed by atoms with Gasteiger partial charge in [-0.3, -0.25) is 4.98 Å². The van der Waals surface area contributed by atoms with Crippen molar-refractivity contribution in [3.63, 3.8) is 0 Å². The molecule has 6 nitrogen and oxygen atoms in total. The number of aromatic nitrogens is 4. The highest BCUT2D eigenvalue weighted by atomic mass is 16.4. The predicted octanol–water partition coefficient (Wildman–Crippen LogP) is 0.214. The van der Waals surface area contributed by atoms with Gasteiger partial charge < -0.3 is 15.1 Å². The molecule has 0 saturated heterocycles. The Hall–Kier alpha value is -2.24. The third-order valence-electron chi connectivity index (χ3n) is 1.15. The summed E-state index contributed by atoms with van der Waals surface area (Å²) in [7, 11) is 0. The largest absolute Gasteiger partial charge is 0.476 e. The monoisotopic (exact) mass is 191 g/mol. The normalized spacial score (nSPS) is 8.57. The minimum absolute atomic E-state index is 0.0301. The van der Waals surface area contributed by atoms with Crippen LogP contribution in [0.1, 0.15) is 10.5 Å². The molecule has 0 aliphatic rings. The highest BCUT2D eigenvalue weighted by Crippen LogP contribution is 1.86. The number of hydrogen-bond acceptors (Lipinski definition) is 4. The molecule has 0 aromatic carbocycles. The van der Waals surface area contributed by atoms with Crippen molar-refractivity contribution in [3.8, 4) is 0 Å². The van der Waals surface area contributed by atoms with Crippen LogP contribution < -0.4 is 4.98 Å². The minimum atomic E-state index is -1.05. The van der Waals surface area contributed by atoms with Crippen LogP contribution in [0.2, 0.25) is 0 Å². The van der Waals surface area contributed by atoms with E-state index in [2.05, 4.69) is 19.9 Å². The summed E-state index contributed by atoms with van der Waals surface area (Å²) in [6, 6.07) is 0. The quantitative estimate of drug-likeness (QED) is 0.693. The second kappa shape index (κ2) is 5.41. The second-order valence-electron chi connectivity index (χ2n) is 2.11. The van der Waals surface area contributed by atoms with Gasteiger partial charge in [0.15, 0.2) is 5.69 Å². The van der Waals surface area contributed by atoms with Crippen LogP contribution in [0.4, 0.5) is 0 Å². The fraction of sp³-hybridized carbons (Fsp3) is 0. The lowest BCUT2D eigenvalue weighted by atomic mass is 10.5. The maximum atomic E-state index is 10.1. The Morgan fingerprint density at radius 1 is 1.29 bits per heavy atom. The van der Waals surface area contributed by atoms with E-state index in [-0.39, 0.29) is 5.69 Å². The van der Waals surface area contributed by atoms with Gasteiger partial charge in [-0.2, -0.15) is 0 Å². The highest BCUT2D eigenvalue weighted by molar-refractivity contribution is 5.84. The van der Waals surface area contributed by atoms with Crippen molar-refractivity contribution >= 4 is 5.97 Å². The van der Waals surface area contributed by atoms with Crippen molar-refractivity contribution in [2.45, 2.75) is 0 Å². The molecule has 2 rings (SSSR count). The maximum absolute atomic E-state index is 10.1. The molecule has 0 fully saturated rings. The molecule has 0 bridgehead atoms. The van der Waals surface area contributed by atoms with Crippen molar-refractivity contribution in [1.29, 1.82) is 0 Å². The average Bonchev–Trinajstić information content (AvgIpc) is 2.77. The lowest BCUT2D eigenvalue weighted by Crippen LogP contribution is -1.99. The van der Waals surface area contributed by atoms with E-state index < -0.39 is 5.97 Å². The van der Waals surface area contributed by atoms with Crippen molar-refractivity contribution in [2.24, 2.45) is 0 Å². The number of aromatic carboxylic acids is 1. The molecule has 6 heteroatoms. The van der Waals surface area contributed by atoms with Crippen molar-refractivity contribution in [3.05, 3.63) is 43.0 Å². The van der Waals surface area contributed by atoms with E-state index in [9.17, 15) is 4.79 Å². The molecule has 0 aliphatic heterocycles. The Morgan fingerprint density at radius 2 is 2.14 bits per heavy atom. The molecule has 2 aromatic heterocycles. The van der Waals surface area contributed by atoms with Crippen LogP contribution >= 0.6 is 0 Å². The summed E-state index contributed by atoms with van der Waals surface area (Å²) in [5, 5.41) is 8.28. The number of hydrogen-bond donors (Lipinski definition) is 1. The number of rotatable bonds is 1. The molecular weight excluding hydrogens is 184 g/mol. The average molecular weight is 191 g/mol. The van der Waals surface area contributed by atoms with Crippen molar-refractivity contribution in [2.75, 3.05) is 0 Å². The topological polar surface area (TPSA) is 90.1 Å². The molecule has 0 atom stereocenters. The first kappa shape index (κ1) is 9.85. The number of imidazole rings is 1. The zero-order valence-electron chi connectivity index (χ0n) is 7.11. The third kappa shape index (κ3) is 3.44. The number of carboxylic acid groups (broad SMARTS) is 1. The van der Waals surface area contributed by atoms with Crippen LogP contribution in [-0.2, 0) is 0 Å². The summed E-state index contributed by atoms with van der Waals surface area (Å²) < 4.78 is 0. The molecule has 0 spiro atoms. The van der Waals surface area contributed by atoms with E-state index in [0.29, 0.717) is 0 Å². The van der Waals surface area contributed by atoms with Gasteiger partial charge in [-0.15, -0.1) is 0 Å². The number of carboxylic acids is 1. The third-order valence-corrected chi connectivity index (χ3v) is 1.15. The van der Waals surface area contributed by atoms with E-state index in [4.69, 9.17) is 5.11 Å². The lowest BCUT2D eigenvalue weighted by molar-refractivity contribution is 0.0690. The zero-order chi connectivity index (χ0) is 10.2. The molecule has 0 aliphatic carbocycles. The molecule has 0 unspecified atom stereocenters. The van der Waals surface area contributed by atoms with Crippen LogP contribution in [0.15, 0.2) is 37.3 Å². The Bertz CT molecular complexity index is 343. The lowest BCUT2D eigenvalue weighted by Gasteiger charge is -1.86. The van der Waals surface area contributed by atoms with Gasteiger partial charge in [-0.1, -0.05) is 18.7 Å². The Labute approximate surface area is 79.7 Å². The summed E-state index contributed by atoms with van der Waals surface area (Å²) in [5.74, 6) is -1.05. The fourth-order valence-corrected chi connectivity index (χ4v) is 0.602. The fourth-order valence-electron chi connectivity index (χ4n) is 0.602. The van der Waals surface area contributed by atoms with Crippen molar-refractivity contribution in [1.82, 2.24) is 19.9 Å². The van der Waals surface area contributed by atoms with Gasteiger partial charge in [0, 0.05) is 12.4 Å². The van der Waals surface area contributed by atoms with E-state index in [1.54, 1.807) is 12.4 Å². The Balaban J connectivity index is 0.000000165. The molecule has 2 aromatic rings. The smallest absolute Gasteiger partial charge is 0.356 e. The second-order valence-corrected chi connectivity index (χ2v) is 2.11. The Kier molecular flexibility index (Phi) is 3.81. The number of carbonyl (C=O) groups is 1. The molecular formula is C8H7N4O2-. The summed E-state index contributed by atoms with van der Waals surface area (Å²) in [6.45, 7) is 0. The van der Waals surface area contributed by atoms with E-state index in [1.165, 1.54) is 24.9 Å². The SMILES string of the molecule is O=C(O)c1cnccn1.c1c[n-]cn1. The standard InChI is InChI=1S/C5H4N2O2.C3H3N2/c8-5(9)4-3-6-1-2-7-4;1-2-5-3-4-1/h1-3H,(H,8,9);1-3H/q;-1. The molecule has 0 saturated carbocycles. The van der Waals surface area contributed by atoms with E-state index in [0.717, 1.165) is 0 Å². The van der Waals surface area contributed by atoms with E-state index >= 15 is 0 Å². The molecule has 72 valence electrons. The molecule has 0 radical (unpaired) electrons. The molecule has 14 heavy (non-hydrogen) atoms. The van der Waals surface area contributed by atoms with Gasteiger partial charge in [0.05, 0.1) is 6.20 Å². The first-order valence-electron chi connectivity index (χ1n) is 3.66. The Morgan fingerprint density at radius 3 is 2.43 bits per heavy atom. The summed E-state index contributed by atoms with van der Waals surface area (Å²) in [4.78, 5) is 24.4. The summed E-state index contributed by atoms with van der Waals surface area (Å²) >= 11 is 0. The van der Waals surface area contributed by atoms with Crippen LogP contribution in [0.5, 0.6) is 0 Å². The molecule has 1 N–H and O–H groups in total. The van der Waals surface area contributed by atoms with Gasteiger partial charge in [0.2, 0.25) is 0 Å². The van der Waals surface area contributed by atoms with Gasteiger partial charge in [0.25, 0.3) is 0 Å². The van der Waals surface area contributed by atoms with Gasteiger partial charge >= 0.3 is 5.97 Å². The highest BCUT2D eigenvalue weighted by Gasteiger charge is 2.00. The van der Waals surface area contributed by atoms with Gasteiger partial charge in [-0.05, 0) is 0 Å². The maximum Gasteiger partial charge on any atom is 0.356 e. The first-order chi connectivity index (χ1) is 6.80. The van der Waals surface area contributed by atoms with Crippen LogP contribution in [0.25, 0.3) is 0 Å².